The van der Waals surface area contributed by atoms with E-state index in [2.05, 4.69) is 40.9 Å². The zero-order valence-corrected chi connectivity index (χ0v) is 16.3. The van der Waals surface area contributed by atoms with Crippen molar-refractivity contribution in [3.63, 3.8) is 0 Å². The van der Waals surface area contributed by atoms with E-state index in [0.29, 0.717) is 6.61 Å². The molecule has 0 fully saturated rings. The Morgan fingerprint density at radius 3 is 2.17 bits per heavy atom. The van der Waals surface area contributed by atoms with E-state index in [1.807, 2.05) is 55.5 Å². The molecule has 144 valence electrons. The first-order valence-corrected chi connectivity index (χ1v) is 9.69. The molecule has 4 aromatic carbocycles. The molecule has 0 heterocycles. The summed E-state index contributed by atoms with van der Waals surface area (Å²) in [7, 11) is 0. The molecular weight excluding hydrogens is 360 g/mol. The Morgan fingerprint density at radius 2 is 1.55 bits per heavy atom. The van der Waals surface area contributed by atoms with Crippen molar-refractivity contribution in [3.8, 4) is 5.75 Å². The van der Waals surface area contributed by atoms with Crippen molar-refractivity contribution in [1.82, 2.24) is 5.43 Å². The SMILES string of the molecule is CCOc1ccc(CC(=O)N/N=C\c2c3ccccc3cc3ccccc23)cc1. The van der Waals surface area contributed by atoms with E-state index in [-0.39, 0.29) is 12.3 Å². The van der Waals surface area contributed by atoms with E-state index in [9.17, 15) is 4.79 Å². The molecule has 0 unspecified atom stereocenters. The van der Waals surface area contributed by atoms with Gasteiger partial charge in [0.2, 0.25) is 5.91 Å². The predicted molar refractivity (Wildman–Crippen MR) is 119 cm³/mol. The maximum Gasteiger partial charge on any atom is 0.244 e. The first-order valence-electron chi connectivity index (χ1n) is 9.69. The van der Waals surface area contributed by atoms with Crippen LogP contribution in [-0.2, 0) is 11.2 Å². The van der Waals surface area contributed by atoms with Crippen molar-refractivity contribution in [2.24, 2.45) is 5.10 Å². The van der Waals surface area contributed by atoms with Gasteiger partial charge in [0.25, 0.3) is 0 Å². The van der Waals surface area contributed by atoms with Gasteiger partial charge in [-0.1, -0.05) is 60.7 Å². The molecule has 4 nitrogen and oxygen atoms in total. The van der Waals surface area contributed by atoms with E-state index in [4.69, 9.17) is 4.74 Å². The third-order valence-corrected chi connectivity index (χ3v) is 4.79. The van der Waals surface area contributed by atoms with Crippen LogP contribution in [0.3, 0.4) is 0 Å². The topological polar surface area (TPSA) is 50.7 Å². The summed E-state index contributed by atoms with van der Waals surface area (Å²) in [5.41, 5.74) is 4.56. The van der Waals surface area contributed by atoms with Crippen LogP contribution in [0.4, 0.5) is 0 Å². The largest absolute Gasteiger partial charge is 0.494 e. The Morgan fingerprint density at radius 1 is 0.931 bits per heavy atom. The number of hydrogen-bond acceptors (Lipinski definition) is 3. The Bertz CT molecular complexity index is 1130. The molecule has 0 aliphatic rings. The van der Waals surface area contributed by atoms with Crippen LogP contribution >= 0.6 is 0 Å². The lowest BCUT2D eigenvalue weighted by atomic mass is 9.97. The minimum atomic E-state index is -0.157. The summed E-state index contributed by atoms with van der Waals surface area (Å²) in [6, 6.07) is 26.1. The molecule has 4 rings (SSSR count). The van der Waals surface area contributed by atoms with Gasteiger partial charge in [-0.05, 0) is 52.2 Å². The van der Waals surface area contributed by atoms with Crippen molar-refractivity contribution >= 4 is 33.7 Å². The number of amides is 1. The van der Waals surface area contributed by atoms with Gasteiger partial charge < -0.3 is 4.74 Å². The zero-order valence-electron chi connectivity index (χ0n) is 16.3. The lowest BCUT2D eigenvalue weighted by Crippen LogP contribution is -2.19. The van der Waals surface area contributed by atoms with Crippen LogP contribution in [0, 0.1) is 0 Å². The predicted octanol–water partition coefficient (Wildman–Crippen LogP) is 5.08. The number of hydrazone groups is 1. The highest BCUT2D eigenvalue weighted by molar-refractivity contribution is 6.13. The number of carbonyl (C=O) groups excluding carboxylic acids is 1. The number of nitrogens with zero attached hydrogens (tertiary/aromatic N) is 1. The van der Waals surface area contributed by atoms with Gasteiger partial charge in [-0.3, -0.25) is 4.79 Å². The van der Waals surface area contributed by atoms with E-state index in [0.717, 1.165) is 38.4 Å². The van der Waals surface area contributed by atoms with Gasteiger partial charge in [0, 0.05) is 5.56 Å². The third-order valence-electron chi connectivity index (χ3n) is 4.79. The fourth-order valence-electron chi connectivity index (χ4n) is 3.45. The zero-order chi connectivity index (χ0) is 20.1. The summed E-state index contributed by atoms with van der Waals surface area (Å²) in [6.45, 7) is 2.57. The maximum atomic E-state index is 12.3. The van der Waals surface area contributed by atoms with Crippen LogP contribution in [0.5, 0.6) is 5.75 Å². The molecule has 0 saturated carbocycles. The fourth-order valence-corrected chi connectivity index (χ4v) is 3.45. The molecular formula is C25H22N2O2. The molecule has 0 aromatic heterocycles. The molecule has 1 N–H and O–H groups in total. The highest BCUT2D eigenvalue weighted by Crippen LogP contribution is 2.27. The highest BCUT2D eigenvalue weighted by Gasteiger charge is 2.06. The smallest absolute Gasteiger partial charge is 0.244 e. The van der Waals surface area contributed by atoms with Crippen molar-refractivity contribution in [2.75, 3.05) is 6.61 Å². The highest BCUT2D eigenvalue weighted by atomic mass is 16.5. The van der Waals surface area contributed by atoms with E-state index in [1.54, 1.807) is 6.21 Å². The molecule has 4 heteroatoms. The lowest BCUT2D eigenvalue weighted by molar-refractivity contribution is -0.120. The molecule has 0 radical (unpaired) electrons. The normalized spacial score (nSPS) is 11.2. The molecule has 0 saturated heterocycles. The second-order valence-corrected chi connectivity index (χ2v) is 6.78. The number of nitrogens with one attached hydrogen (secondary N) is 1. The summed E-state index contributed by atoms with van der Waals surface area (Å²) >= 11 is 0. The number of hydrogen-bond donors (Lipinski definition) is 1. The number of ether oxygens (including phenoxy) is 1. The summed E-state index contributed by atoms with van der Waals surface area (Å²) in [5.74, 6) is 0.646. The van der Waals surface area contributed by atoms with Crippen LogP contribution in [0.2, 0.25) is 0 Å². The Kier molecular flexibility index (Phi) is 5.52. The number of fused-ring (bicyclic) bond motifs is 2. The van der Waals surface area contributed by atoms with Gasteiger partial charge in [0.1, 0.15) is 5.75 Å². The molecule has 0 atom stereocenters. The van der Waals surface area contributed by atoms with Crippen LogP contribution in [0.1, 0.15) is 18.1 Å². The Labute approximate surface area is 169 Å². The van der Waals surface area contributed by atoms with Crippen LogP contribution in [0.15, 0.2) is 84.0 Å². The monoisotopic (exact) mass is 382 g/mol. The number of carbonyl (C=O) groups is 1. The molecule has 0 spiro atoms. The second kappa shape index (κ2) is 8.57. The maximum absolute atomic E-state index is 12.3. The Balaban J connectivity index is 1.52. The standard InChI is InChI=1S/C25H22N2O2/c1-2-29-21-13-11-18(12-14-21)15-25(28)27-26-17-24-22-9-5-3-7-19(22)16-20-8-4-6-10-23(20)24/h3-14,16-17H,2,15H2,1H3,(H,27,28)/b26-17-. The molecule has 0 aliphatic heterocycles. The molecule has 4 aromatic rings. The van der Waals surface area contributed by atoms with E-state index < -0.39 is 0 Å². The Hall–Kier alpha value is -3.66. The van der Waals surface area contributed by atoms with Gasteiger partial charge in [-0.2, -0.15) is 5.10 Å². The quantitative estimate of drug-likeness (QED) is 0.287. The summed E-state index contributed by atoms with van der Waals surface area (Å²) in [6.07, 6.45) is 2.00. The van der Waals surface area contributed by atoms with Crippen molar-refractivity contribution < 1.29 is 9.53 Å². The summed E-state index contributed by atoms with van der Waals surface area (Å²) in [5, 5.41) is 8.74. The third kappa shape index (κ3) is 4.27. The van der Waals surface area contributed by atoms with Crippen molar-refractivity contribution in [2.45, 2.75) is 13.3 Å². The first kappa shape index (κ1) is 18.7. The van der Waals surface area contributed by atoms with Crippen molar-refractivity contribution in [1.29, 1.82) is 0 Å². The van der Waals surface area contributed by atoms with Crippen molar-refractivity contribution in [3.05, 3.63) is 90.0 Å². The van der Waals surface area contributed by atoms with E-state index in [1.165, 1.54) is 0 Å². The first-order chi connectivity index (χ1) is 14.2. The average molecular weight is 382 g/mol. The molecule has 0 bridgehead atoms. The van der Waals surface area contributed by atoms with Gasteiger partial charge >= 0.3 is 0 Å². The number of rotatable bonds is 6. The summed E-state index contributed by atoms with van der Waals surface area (Å²) < 4.78 is 5.43. The van der Waals surface area contributed by atoms with Gasteiger partial charge in [-0.25, -0.2) is 5.43 Å². The minimum Gasteiger partial charge on any atom is -0.494 e. The van der Waals surface area contributed by atoms with Crippen LogP contribution < -0.4 is 10.2 Å². The van der Waals surface area contributed by atoms with E-state index >= 15 is 0 Å². The average Bonchev–Trinajstić information content (AvgIpc) is 2.75. The molecule has 0 aliphatic carbocycles. The minimum absolute atomic E-state index is 0.157. The summed E-state index contributed by atoms with van der Waals surface area (Å²) in [4.78, 5) is 12.3. The van der Waals surface area contributed by atoms with Crippen LogP contribution in [-0.4, -0.2) is 18.7 Å². The van der Waals surface area contributed by atoms with Gasteiger partial charge in [0.05, 0.1) is 19.2 Å². The fraction of sp³-hybridized carbons (Fsp3) is 0.120. The van der Waals surface area contributed by atoms with Gasteiger partial charge in [0.15, 0.2) is 0 Å². The van der Waals surface area contributed by atoms with Gasteiger partial charge in [-0.15, -0.1) is 0 Å². The lowest BCUT2D eigenvalue weighted by Gasteiger charge is -2.08. The second-order valence-electron chi connectivity index (χ2n) is 6.78. The number of benzene rings is 4. The molecule has 1 amide bonds. The molecule has 29 heavy (non-hydrogen) atoms. The van der Waals surface area contributed by atoms with Crippen LogP contribution in [0.25, 0.3) is 21.5 Å².